The second kappa shape index (κ2) is 6.49. The highest BCUT2D eigenvalue weighted by Gasteiger charge is 2.17. The number of nitrogens with one attached hydrogen (secondary N) is 1. The molecule has 0 saturated heterocycles. The van der Waals surface area contributed by atoms with Crippen molar-refractivity contribution in [2.24, 2.45) is 0 Å². The molecule has 110 valence electrons. The number of phenols is 1. The minimum Gasteiger partial charge on any atom is -0.506 e. The molecule has 0 fully saturated rings. The summed E-state index contributed by atoms with van der Waals surface area (Å²) in [6, 6.07) is 8.46. The van der Waals surface area contributed by atoms with E-state index in [2.05, 4.69) is 37.2 Å². The van der Waals surface area contributed by atoms with E-state index in [1.54, 1.807) is 30.3 Å². The number of carbonyl (C=O) groups excluding carboxylic acids is 1. The summed E-state index contributed by atoms with van der Waals surface area (Å²) in [6.45, 7) is 1.88. The molecule has 0 aliphatic rings. The Bertz CT molecular complexity index is 702. The van der Waals surface area contributed by atoms with Crippen LogP contribution in [0.3, 0.4) is 0 Å². The summed E-state index contributed by atoms with van der Waals surface area (Å²) in [5.41, 5.74) is 1.66. The van der Waals surface area contributed by atoms with Crippen molar-refractivity contribution >= 4 is 43.5 Å². The second-order valence-corrected chi connectivity index (χ2v) is 6.21. The van der Waals surface area contributed by atoms with Gasteiger partial charge in [0.15, 0.2) is 0 Å². The van der Waals surface area contributed by atoms with Crippen LogP contribution in [-0.4, -0.2) is 18.1 Å². The molecule has 0 aromatic heterocycles. The van der Waals surface area contributed by atoms with Gasteiger partial charge in [-0.05, 0) is 52.7 Å². The van der Waals surface area contributed by atoms with Gasteiger partial charge in [0, 0.05) is 4.47 Å². The summed E-state index contributed by atoms with van der Waals surface area (Å²) < 4.78 is 6.66. The number of aryl methyl sites for hydroxylation is 1. The van der Waals surface area contributed by atoms with E-state index in [9.17, 15) is 9.90 Å². The summed E-state index contributed by atoms with van der Waals surface area (Å²) in [5, 5.41) is 12.5. The number of phenolic OH excluding ortho intramolecular Hbond substituents is 1. The minimum absolute atomic E-state index is 0.0157. The van der Waals surface area contributed by atoms with E-state index in [1.807, 2.05) is 6.92 Å². The predicted octanol–water partition coefficient (Wildman–Crippen LogP) is 4.49. The van der Waals surface area contributed by atoms with Gasteiger partial charge in [-0.2, -0.15) is 0 Å². The van der Waals surface area contributed by atoms with Gasteiger partial charge in [-0.15, -0.1) is 0 Å². The zero-order valence-corrected chi connectivity index (χ0v) is 14.6. The Kier molecular flexibility index (Phi) is 4.90. The molecule has 0 unspecified atom stereocenters. The molecule has 2 N–H and O–H groups in total. The van der Waals surface area contributed by atoms with E-state index in [0.29, 0.717) is 21.5 Å². The Labute approximate surface area is 139 Å². The first-order valence-corrected chi connectivity index (χ1v) is 7.65. The molecule has 2 rings (SSSR count). The van der Waals surface area contributed by atoms with E-state index in [0.717, 1.165) is 10.0 Å². The monoisotopic (exact) mass is 413 g/mol. The fraction of sp³-hybridized carbons (Fsp3) is 0.133. The predicted molar refractivity (Wildman–Crippen MR) is 89.2 cm³/mol. The van der Waals surface area contributed by atoms with Crippen LogP contribution in [0.15, 0.2) is 39.3 Å². The molecule has 6 heteroatoms. The lowest BCUT2D eigenvalue weighted by Crippen LogP contribution is -2.13. The molecule has 21 heavy (non-hydrogen) atoms. The lowest BCUT2D eigenvalue weighted by atomic mass is 10.1. The molecule has 2 aromatic carbocycles. The standard InChI is InChI=1S/C15H13Br2NO3/c1-8-3-4-13(19)12(5-8)18-15(20)10-6-9(16)7-11(17)14(10)21-2/h3-7,19H,1-2H3,(H,18,20). The maximum absolute atomic E-state index is 12.4. The highest BCUT2D eigenvalue weighted by Crippen LogP contribution is 2.34. The third-order valence-corrected chi connectivity index (χ3v) is 3.90. The number of ether oxygens (including phenoxy) is 1. The van der Waals surface area contributed by atoms with Crippen LogP contribution in [0.5, 0.6) is 11.5 Å². The average molecular weight is 415 g/mol. The molecule has 0 bridgehead atoms. The number of amides is 1. The van der Waals surface area contributed by atoms with Crippen molar-refractivity contribution in [2.45, 2.75) is 6.92 Å². The first-order valence-electron chi connectivity index (χ1n) is 6.06. The van der Waals surface area contributed by atoms with Crippen LogP contribution in [-0.2, 0) is 0 Å². The van der Waals surface area contributed by atoms with Gasteiger partial charge in [0.05, 0.1) is 22.8 Å². The number of hydrogen-bond acceptors (Lipinski definition) is 3. The highest BCUT2D eigenvalue weighted by atomic mass is 79.9. The normalized spacial score (nSPS) is 10.3. The van der Waals surface area contributed by atoms with Gasteiger partial charge in [-0.3, -0.25) is 4.79 Å². The number of rotatable bonds is 3. The molecular weight excluding hydrogens is 402 g/mol. The van der Waals surface area contributed by atoms with Gasteiger partial charge in [-0.1, -0.05) is 22.0 Å². The Morgan fingerprint density at radius 1 is 1.24 bits per heavy atom. The molecule has 4 nitrogen and oxygen atoms in total. The van der Waals surface area contributed by atoms with Crippen LogP contribution in [0.4, 0.5) is 5.69 Å². The van der Waals surface area contributed by atoms with Crippen LogP contribution in [0, 0.1) is 6.92 Å². The van der Waals surface area contributed by atoms with Crippen molar-refractivity contribution in [3.8, 4) is 11.5 Å². The third kappa shape index (κ3) is 3.57. The molecular formula is C15H13Br2NO3. The first-order chi connectivity index (χ1) is 9.92. The van der Waals surface area contributed by atoms with Crippen LogP contribution >= 0.6 is 31.9 Å². The maximum atomic E-state index is 12.4. The smallest absolute Gasteiger partial charge is 0.259 e. The van der Waals surface area contributed by atoms with Gasteiger partial charge in [0.25, 0.3) is 5.91 Å². The number of methoxy groups -OCH3 is 1. The molecule has 0 aliphatic carbocycles. The SMILES string of the molecule is COc1c(Br)cc(Br)cc1C(=O)Nc1cc(C)ccc1O. The molecule has 0 spiro atoms. The molecule has 0 saturated carbocycles. The van der Waals surface area contributed by atoms with Crippen molar-refractivity contribution in [2.75, 3.05) is 12.4 Å². The number of carbonyl (C=O) groups is 1. The zero-order valence-electron chi connectivity index (χ0n) is 11.4. The van der Waals surface area contributed by atoms with Crippen LogP contribution in [0.2, 0.25) is 0 Å². The van der Waals surface area contributed by atoms with Crippen molar-refractivity contribution in [1.82, 2.24) is 0 Å². The topological polar surface area (TPSA) is 58.6 Å². The summed E-state index contributed by atoms with van der Waals surface area (Å²) in [6.07, 6.45) is 0. The average Bonchev–Trinajstić information content (AvgIpc) is 2.42. The number of anilines is 1. The van der Waals surface area contributed by atoms with Gasteiger partial charge < -0.3 is 15.2 Å². The number of aromatic hydroxyl groups is 1. The van der Waals surface area contributed by atoms with E-state index in [-0.39, 0.29) is 11.7 Å². The largest absolute Gasteiger partial charge is 0.506 e. The molecule has 2 aromatic rings. The van der Waals surface area contributed by atoms with Crippen LogP contribution in [0.25, 0.3) is 0 Å². The Morgan fingerprint density at radius 3 is 2.62 bits per heavy atom. The summed E-state index contributed by atoms with van der Waals surface area (Å²) >= 11 is 6.69. The lowest BCUT2D eigenvalue weighted by molar-refractivity contribution is 0.102. The van der Waals surface area contributed by atoms with Crippen molar-refractivity contribution in [3.63, 3.8) is 0 Å². The van der Waals surface area contributed by atoms with Crippen molar-refractivity contribution in [1.29, 1.82) is 0 Å². The minimum atomic E-state index is -0.366. The van der Waals surface area contributed by atoms with Gasteiger partial charge >= 0.3 is 0 Å². The number of benzene rings is 2. The molecule has 0 atom stereocenters. The zero-order chi connectivity index (χ0) is 15.6. The number of hydrogen-bond donors (Lipinski definition) is 2. The number of halogens is 2. The van der Waals surface area contributed by atoms with Crippen molar-refractivity contribution < 1.29 is 14.6 Å². The third-order valence-electron chi connectivity index (χ3n) is 2.86. The van der Waals surface area contributed by atoms with Gasteiger partial charge in [0.1, 0.15) is 11.5 Å². The highest BCUT2D eigenvalue weighted by molar-refractivity contribution is 9.11. The van der Waals surface area contributed by atoms with E-state index in [1.165, 1.54) is 7.11 Å². The quantitative estimate of drug-likeness (QED) is 0.727. The molecule has 1 amide bonds. The van der Waals surface area contributed by atoms with Gasteiger partial charge in [0.2, 0.25) is 0 Å². The fourth-order valence-electron chi connectivity index (χ4n) is 1.88. The van der Waals surface area contributed by atoms with Crippen molar-refractivity contribution in [3.05, 3.63) is 50.4 Å². The van der Waals surface area contributed by atoms with E-state index < -0.39 is 0 Å². The summed E-state index contributed by atoms with van der Waals surface area (Å²) in [5.74, 6) is 0.0829. The molecule has 0 radical (unpaired) electrons. The molecule has 0 heterocycles. The Balaban J connectivity index is 2.39. The second-order valence-electron chi connectivity index (χ2n) is 4.44. The summed E-state index contributed by atoms with van der Waals surface area (Å²) in [7, 11) is 1.49. The van der Waals surface area contributed by atoms with E-state index in [4.69, 9.17) is 4.74 Å². The first kappa shape index (κ1) is 15.9. The lowest BCUT2D eigenvalue weighted by Gasteiger charge is -2.12. The van der Waals surface area contributed by atoms with Crippen LogP contribution in [0.1, 0.15) is 15.9 Å². The fourth-order valence-corrected chi connectivity index (χ4v) is 3.26. The maximum Gasteiger partial charge on any atom is 0.259 e. The van der Waals surface area contributed by atoms with Gasteiger partial charge in [-0.25, -0.2) is 0 Å². The Hall–Kier alpha value is -1.53. The molecule has 0 aliphatic heterocycles. The van der Waals surface area contributed by atoms with E-state index >= 15 is 0 Å². The summed E-state index contributed by atoms with van der Waals surface area (Å²) in [4.78, 5) is 12.4. The van der Waals surface area contributed by atoms with Crippen LogP contribution < -0.4 is 10.1 Å². The Morgan fingerprint density at radius 2 is 1.95 bits per heavy atom.